The molecule has 0 unspecified atom stereocenters. The van der Waals surface area contributed by atoms with Crippen LogP contribution in [-0.4, -0.2) is 50.3 Å². The smallest absolute Gasteiger partial charge is 0.494 e. The number of amides is 1. The van der Waals surface area contributed by atoms with E-state index in [0.717, 1.165) is 26.9 Å². The molecule has 7 rings (SSSR count). The summed E-state index contributed by atoms with van der Waals surface area (Å²) in [5, 5.41) is 22.8. The van der Waals surface area contributed by atoms with Crippen LogP contribution in [0.15, 0.2) is 79.1 Å². The van der Waals surface area contributed by atoms with E-state index in [1.54, 1.807) is 18.3 Å². The maximum Gasteiger partial charge on any atom is 0.512 e. The van der Waals surface area contributed by atoms with Crippen LogP contribution in [0, 0.1) is 11.3 Å². The first-order valence-corrected chi connectivity index (χ1v) is 17.0. The van der Waals surface area contributed by atoms with E-state index < -0.39 is 6.16 Å². The van der Waals surface area contributed by atoms with Crippen LogP contribution in [0.2, 0.25) is 0 Å². The van der Waals surface area contributed by atoms with E-state index in [1.807, 2.05) is 59.5 Å². The quantitative estimate of drug-likeness (QED) is 0.113. The third-order valence-electron chi connectivity index (χ3n) is 7.89. The summed E-state index contributed by atoms with van der Waals surface area (Å²) in [6.07, 6.45) is 3.36. The second-order valence-electron chi connectivity index (χ2n) is 11.0. The molecule has 0 saturated heterocycles. The highest BCUT2D eigenvalue weighted by Gasteiger charge is 2.26. The molecule has 1 amide bonds. The Balaban J connectivity index is 1.01. The van der Waals surface area contributed by atoms with Gasteiger partial charge in [-0.3, -0.25) is 15.1 Å². The van der Waals surface area contributed by atoms with Crippen molar-refractivity contribution in [2.24, 2.45) is 0 Å². The van der Waals surface area contributed by atoms with Crippen LogP contribution in [0.5, 0.6) is 11.6 Å². The highest BCUT2D eigenvalue weighted by Crippen LogP contribution is 2.36. The van der Waals surface area contributed by atoms with Crippen LogP contribution >= 0.6 is 22.7 Å². The topological polar surface area (TPSA) is 163 Å². The zero-order chi connectivity index (χ0) is 33.7. The van der Waals surface area contributed by atoms with Crippen molar-refractivity contribution in [1.82, 2.24) is 19.9 Å². The minimum Gasteiger partial charge on any atom is -0.494 e. The first kappa shape index (κ1) is 31.7. The lowest BCUT2D eigenvalue weighted by atomic mass is 9.94. The average molecular weight is 690 g/mol. The number of nitrogens with one attached hydrogen (secondary N) is 1. The van der Waals surface area contributed by atoms with Crippen molar-refractivity contribution in [3.05, 3.63) is 106 Å². The molecule has 0 saturated carbocycles. The number of carbonyl (C=O) groups excluding carboxylic acids is 1. The number of para-hydroxylation sites is 1. The Bertz CT molecular complexity index is 2180. The van der Waals surface area contributed by atoms with E-state index in [9.17, 15) is 20.0 Å². The SMILES string of the molecule is N#Cc1nccnc1-c1ccc(OCCCc2sc(N3CCc4cccc(C(=O)Nc5nc6ccccc6s5)c4C3)nc2OC(=O)O)cc1. The van der Waals surface area contributed by atoms with Crippen LogP contribution < -0.4 is 19.7 Å². The number of aryl methyl sites for hydroxylation is 1. The van der Waals surface area contributed by atoms with Crippen LogP contribution in [0.3, 0.4) is 0 Å². The van der Waals surface area contributed by atoms with Gasteiger partial charge in [0.15, 0.2) is 16.0 Å². The molecule has 244 valence electrons. The lowest BCUT2D eigenvalue weighted by Gasteiger charge is -2.29. The number of benzene rings is 3. The van der Waals surface area contributed by atoms with E-state index in [4.69, 9.17) is 9.47 Å². The predicted molar refractivity (Wildman–Crippen MR) is 186 cm³/mol. The fourth-order valence-electron chi connectivity index (χ4n) is 5.59. The number of anilines is 2. The molecule has 0 bridgehead atoms. The first-order valence-electron chi connectivity index (χ1n) is 15.3. The van der Waals surface area contributed by atoms with E-state index >= 15 is 0 Å². The molecule has 4 heterocycles. The van der Waals surface area contributed by atoms with Crippen molar-refractivity contribution in [2.45, 2.75) is 25.8 Å². The molecule has 14 heteroatoms. The van der Waals surface area contributed by atoms with Crippen molar-refractivity contribution in [1.29, 1.82) is 5.26 Å². The highest BCUT2D eigenvalue weighted by atomic mass is 32.1. The second-order valence-corrected chi connectivity index (χ2v) is 13.1. The number of thiazole rings is 2. The molecule has 3 aromatic carbocycles. The lowest BCUT2D eigenvalue weighted by molar-refractivity contribution is 0.102. The first-order chi connectivity index (χ1) is 23.9. The second kappa shape index (κ2) is 14.1. The normalized spacial score (nSPS) is 12.3. The minimum atomic E-state index is -1.44. The van der Waals surface area contributed by atoms with Gasteiger partial charge in [-0.15, -0.1) is 0 Å². The summed E-state index contributed by atoms with van der Waals surface area (Å²) in [5.41, 5.74) is 4.88. The summed E-state index contributed by atoms with van der Waals surface area (Å²) in [7, 11) is 0. The Labute approximate surface area is 288 Å². The number of fused-ring (bicyclic) bond motifs is 2. The monoisotopic (exact) mass is 689 g/mol. The third-order valence-corrected chi connectivity index (χ3v) is 9.99. The summed E-state index contributed by atoms with van der Waals surface area (Å²) in [4.78, 5) is 45.1. The summed E-state index contributed by atoms with van der Waals surface area (Å²) < 4.78 is 12.0. The van der Waals surface area contributed by atoms with Crippen molar-refractivity contribution in [2.75, 3.05) is 23.4 Å². The van der Waals surface area contributed by atoms with Crippen molar-refractivity contribution in [3.8, 4) is 29.0 Å². The van der Waals surface area contributed by atoms with Gasteiger partial charge in [0.2, 0.25) is 5.88 Å². The van der Waals surface area contributed by atoms with E-state index in [-0.39, 0.29) is 17.5 Å². The van der Waals surface area contributed by atoms with Gasteiger partial charge >= 0.3 is 6.16 Å². The fourth-order valence-corrected chi connectivity index (χ4v) is 7.51. The molecular formula is C35H27N7O5S2. The molecule has 0 fully saturated rings. The number of aromatic nitrogens is 4. The largest absolute Gasteiger partial charge is 0.512 e. The molecule has 0 radical (unpaired) electrons. The Morgan fingerprint density at radius 2 is 1.84 bits per heavy atom. The van der Waals surface area contributed by atoms with Crippen LogP contribution in [0.25, 0.3) is 21.5 Å². The number of rotatable bonds is 10. The summed E-state index contributed by atoms with van der Waals surface area (Å²) in [6, 6.07) is 22.8. The zero-order valence-electron chi connectivity index (χ0n) is 25.8. The minimum absolute atomic E-state index is 0.0572. The number of carbonyl (C=O) groups is 2. The average Bonchev–Trinajstić information content (AvgIpc) is 3.72. The number of hydrogen-bond acceptors (Lipinski definition) is 12. The summed E-state index contributed by atoms with van der Waals surface area (Å²) in [6.45, 7) is 1.46. The Hall–Kier alpha value is -5.91. The van der Waals surface area contributed by atoms with Gasteiger partial charge in [-0.1, -0.05) is 46.9 Å². The number of nitriles is 1. The maximum atomic E-state index is 13.5. The van der Waals surface area contributed by atoms with Crippen molar-refractivity contribution < 1.29 is 24.2 Å². The fraction of sp³-hybridized carbons (Fsp3) is 0.171. The molecule has 1 aliphatic heterocycles. The van der Waals surface area contributed by atoms with Crippen molar-refractivity contribution in [3.63, 3.8) is 0 Å². The van der Waals surface area contributed by atoms with Gasteiger partial charge in [0.05, 0.1) is 21.7 Å². The number of carboxylic acid groups (broad SMARTS) is 1. The van der Waals surface area contributed by atoms with Gasteiger partial charge in [0, 0.05) is 36.6 Å². The van der Waals surface area contributed by atoms with Crippen LogP contribution in [0.4, 0.5) is 15.1 Å². The number of nitrogens with zero attached hydrogens (tertiary/aromatic N) is 6. The lowest BCUT2D eigenvalue weighted by Crippen LogP contribution is -2.32. The van der Waals surface area contributed by atoms with Gasteiger partial charge < -0.3 is 19.5 Å². The van der Waals surface area contributed by atoms with E-state index in [2.05, 4.69) is 31.3 Å². The van der Waals surface area contributed by atoms with Gasteiger partial charge in [-0.2, -0.15) is 10.2 Å². The van der Waals surface area contributed by atoms with Crippen molar-refractivity contribution >= 4 is 55.2 Å². The van der Waals surface area contributed by atoms with Gasteiger partial charge in [-0.25, -0.2) is 14.8 Å². The molecule has 1 aliphatic rings. The maximum absolute atomic E-state index is 13.5. The van der Waals surface area contributed by atoms with Crippen LogP contribution in [-0.2, 0) is 19.4 Å². The van der Waals surface area contributed by atoms with Crippen LogP contribution in [0.1, 0.15) is 38.5 Å². The standard InChI is InChI=1S/C35H27N7O5S2/c36-19-27-30(38-16-15-37-27)22-10-12-23(13-11-22)46-18-4-9-29-32(47-35(44)45)41-34(49-29)42-17-14-21-5-3-6-24(25(21)20-42)31(43)40-33-39-26-7-1-2-8-28(26)48-33/h1-3,5-8,10-13,15-16H,4,9,14,17-18,20H2,(H,44,45)(H,39,40,43). The zero-order valence-corrected chi connectivity index (χ0v) is 27.5. The summed E-state index contributed by atoms with van der Waals surface area (Å²) >= 11 is 2.80. The van der Waals surface area contributed by atoms with Gasteiger partial charge in [-0.05, 0) is 72.9 Å². The molecule has 2 N–H and O–H groups in total. The van der Waals surface area contributed by atoms with E-state index in [0.29, 0.717) is 71.1 Å². The van der Waals surface area contributed by atoms with E-state index in [1.165, 1.54) is 28.9 Å². The molecule has 3 aromatic heterocycles. The van der Waals surface area contributed by atoms with Gasteiger partial charge in [0.1, 0.15) is 17.5 Å². The number of hydrogen-bond donors (Lipinski definition) is 2. The molecule has 0 spiro atoms. The highest BCUT2D eigenvalue weighted by molar-refractivity contribution is 7.22. The molecular weight excluding hydrogens is 663 g/mol. The van der Waals surface area contributed by atoms with Gasteiger partial charge in [0.25, 0.3) is 5.91 Å². The molecule has 0 atom stereocenters. The Kier molecular flexibility index (Phi) is 9.09. The Morgan fingerprint density at radius 1 is 1.00 bits per heavy atom. The molecule has 6 aromatic rings. The predicted octanol–water partition coefficient (Wildman–Crippen LogP) is 6.96. The molecule has 12 nitrogen and oxygen atoms in total. The third kappa shape index (κ3) is 7.03. The Morgan fingerprint density at radius 3 is 2.65 bits per heavy atom. The molecule has 49 heavy (non-hydrogen) atoms. The summed E-state index contributed by atoms with van der Waals surface area (Å²) in [5.74, 6) is 0.470. The molecule has 0 aliphatic carbocycles. The number of ether oxygens (including phenoxy) is 2.